The van der Waals surface area contributed by atoms with Gasteiger partial charge in [0.05, 0.1) is 45.5 Å². The fourth-order valence-electron chi connectivity index (χ4n) is 3.73. The summed E-state index contributed by atoms with van der Waals surface area (Å²) in [5.74, 6) is -2.77. The number of carbonyl (C=O) groups excluding carboxylic acids is 2. The lowest BCUT2D eigenvalue weighted by Crippen LogP contribution is -2.53. The number of sulfone groups is 1. The van der Waals surface area contributed by atoms with Gasteiger partial charge in [-0.15, -0.1) is 5.10 Å². The van der Waals surface area contributed by atoms with Crippen molar-refractivity contribution in [3.63, 3.8) is 0 Å². The summed E-state index contributed by atoms with van der Waals surface area (Å²) in [7, 11) is -3.24. The van der Waals surface area contributed by atoms with E-state index in [-0.39, 0.29) is 44.9 Å². The van der Waals surface area contributed by atoms with Crippen molar-refractivity contribution >= 4 is 38.9 Å². The third-order valence-electron chi connectivity index (χ3n) is 5.44. The first-order chi connectivity index (χ1) is 18.3. The molecule has 4 rings (SSSR count). The number of pyridine rings is 1. The number of nitrogens with one attached hydrogen (secondary N) is 2. The normalized spacial score (nSPS) is 14.7. The summed E-state index contributed by atoms with van der Waals surface area (Å²) in [6.45, 7) is -0.150. The van der Waals surface area contributed by atoms with E-state index in [4.69, 9.17) is 16.3 Å². The number of aryl methyl sites for hydroxylation is 1. The minimum Gasteiger partial charge on any atom is -0.467 e. The number of nitrogens with zero attached hydrogens (tertiary/aromatic N) is 4. The molecular formula is C23H18ClF3N6O5S. The third kappa shape index (κ3) is 6.47. The smallest absolute Gasteiger partial charge is 0.422 e. The van der Waals surface area contributed by atoms with E-state index >= 15 is 0 Å². The summed E-state index contributed by atoms with van der Waals surface area (Å²) in [5.41, 5.74) is -0.0572. The van der Waals surface area contributed by atoms with Crippen LogP contribution in [0.4, 0.5) is 18.9 Å². The van der Waals surface area contributed by atoms with Gasteiger partial charge in [0.2, 0.25) is 5.88 Å². The van der Waals surface area contributed by atoms with Crippen molar-refractivity contribution in [3.8, 4) is 17.8 Å². The molecule has 0 bridgehead atoms. The lowest BCUT2D eigenvalue weighted by atomic mass is 10.0. The van der Waals surface area contributed by atoms with Crippen LogP contribution in [0.3, 0.4) is 0 Å². The Hall–Kier alpha value is -4.16. The van der Waals surface area contributed by atoms with E-state index in [0.29, 0.717) is 5.56 Å². The molecule has 3 aromatic rings. The lowest BCUT2D eigenvalue weighted by Gasteiger charge is -2.27. The van der Waals surface area contributed by atoms with Crippen LogP contribution in [0, 0.1) is 18.3 Å². The Morgan fingerprint density at radius 2 is 1.97 bits per heavy atom. The Bertz CT molecular complexity index is 1610. The Kier molecular flexibility index (Phi) is 7.53. The predicted molar refractivity (Wildman–Crippen MR) is 132 cm³/mol. The van der Waals surface area contributed by atoms with Crippen LogP contribution in [0.5, 0.6) is 5.88 Å². The van der Waals surface area contributed by atoms with Gasteiger partial charge in [-0.2, -0.15) is 18.4 Å². The van der Waals surface area contributed by atoms with E-state index in [1.54, 1.807) is 0 Å². The van der Waals surface area contributed by atoms with Crippen molar-refractivity contribution in [1.82, 2.24) is 20.1 Å². The largest absolute Gasteiger partial charge is 0.467 e. The maximum absolute atomic E-state index is 13.4. The molecule has 39 heavy (non-hydrogen) atoms. The fraction of sp³-hybridized carbons (Fsp3) is 0.261. The zero-order valence-corrected chi connectivity index (χ0v) is 21.5. The van der Waals surface area contributed by atoms with E-state index in [1.165, 1.54) is 37.4 Å². The molecule has 1 aliphatic rings. The van der Waals surface area contributed by atoms with Gasteiger partial charge in [-0.3, -0.25) is 9.59 Å². The number of hydrogen-bond donors (Lipinski definition) is 2. The summed E-state index contributed by atoms with van der Waals surface area (Å²) in [6, 6.07) is 7.76. The molecule has 1 saturated heterocycles. The number of ether oxygens (including phenoxy) is 1. The molecule has 16 heteroatoms. The summed E-state index contributed by atoms with van der Waals surface area (Å²) >= 11 is 6.17. The number of amides is 2. The number of hydrogen-bond acceptors (Lipinski definition) is 8. The average Bonchev–Trinajstić information content (AvgIpc) is 3.26. The Balaban J connectivity index is 1.70. The second kappa shape index (κ2) is 10.5. The summed E-state index contributed by atoms with van der Waals surface area (Å²) in [4.78, 5) is 30.4. The number of nitriles is 1. The molecule has 2 amide bonds. The first kappa shape index (κ1) is 27.9. The van der Waals surface area contributed by atoms with Crippen LogP contribution in [0.1, 0.15) is 32.0 Å². The van der Waals surface area contributed by atoms with Crippen molar-refractivity contribution < 1.29 is 35.9 Å². The quantitative estimate of drug-likeness (QED) is 0.431. The first-order valence-corrected chi connectivity index (χ1v) is 13.2. The van der Waals surface area contributed by atoms with Crippen LogP contribution in [0.15, 0.2) is 36.5 Å². The second-order valence-electron chi connectivity index (χ2n) is 8.52. The molecular weight excluding hydrogens is 565 g/mol. The molecule has 3 heterocycles. The topological polar surface area (TPSA) is 156 Å². The van der Waals surface area contributed by atoms with Crippen molar-refractivity contribution in [3.05, 3.63) is 63.9 Å². The molecule has 204 valence electrons. The molecule has 0 radical (unpaired) electrons. The van der Waals surface area contributed by atoms with Crippen molar-refractivity contribution in [2.24, 2.45) is 0 Å². The number of alkyl halides is 3. The van der Waals surface area contributed by atoms with Gasteiger partial charge in [0.1, 0.15) is 5.69 Å². The average molecular weight is 583 g/mol. The number of rotatable bonds is 7. The van der Waals surface area contributed by atoms with Gasteiger partial charge in [0.15, 0.2) is 22.3 Å². The number of aromatic nitrogens is 3. The van der Waals surface area contributed by atoms with Gasteiger partial charge < -0.3 is 15.4 Å². The van der Waals surface area contributed by atoms with Gasteiger partial charge >= 0.3 is 6.18 Å². The molecule has 1 aromatic carbocycles. The van der Waals surface area contributed by atoms with Crippen LogP contribution in [-0.4, -0.2) is 65.3 Å². The Labute approximate surface area is 224 Å². The zero-order chi connectivity index (χ0) is 28.5. The van der Waals surface area contributed by atoms with E-state index in [9.17, 15) is 36.4 Å². The van der Waals surface area contributed by atoms with Gasteiger partial charge in [-0.05, 0) is 36.8 Å². The number of halogens is 4. The standard InChI is InChI=1S/C23H18ClF3N6O5S/c1-12-5-13(8-28)6-15(21(34)30-14-9-39(36,37)10-14)19(12)31-22(35)17-7-18(38-11-23(25,26)27)32-33(17)20-16(24)3-2-4-29-20/h2-7,14H,9-11H2,1H3,(H,30,34)(H,31,35). The highest BCUT2D eigenvalue weighted by atomic mass is 35.5. The van der Waals surface area contributed by atoms with Gasteiger partial charge in [-0.25, -0.2) is 18.1 Å². The monoisotopic (exact) mass is 582 g/mol. The number of anilines is 1. The lowest BCUT2D eigenvalue weighted by molar-refractivity contribution is -0.154. The van der Waals surface area contributed by atoms with Gasteiger partial charge in [0, 0.05) is 12.3 Å². The minimum absolute atomic E-state index is 0.0173. The van der Waals surface area contributed by atoms with Crippen LogP contribution in [0.25, 0.3) is 5.82 Å². The third-order valence-corrected chi connectivity index (χ3v) is 7.55. The molecule has 2 aromatic heterocycles. The van der Waals surface area contributed by atoms with Crippen molar-refractivity contribution in [2.45, 2.75) is 19.1 Å². The van der Waals surface area contributed by atoms with Crippen LogP contribution >= 0.6 is 11.6 Å². The van der Waals surface area contributed by atoms with Crippen LogP contribution in [0.2, 0.25) is 5.02 Å². The fourth-order valence-corrected chi connectivity index (χ4v) is 5.22. The minimum atomic E-state index is -4.67. The maximum atomic E-state index is 13.4. The van der Waals surface area contributed by atoms with Crippen molar-refractivity contribution in [2.75, 3.05) is 23.4 Å². The Morgan fingerprint density at radius 3 is 2.59 bits per heavy atom. The van der Waals surface area contributed by atoms with Crippen LogP contribution < -0.4 is 15.4 Å². The molecule has 0 spiro atoms. The molecule has 1 fully saturated rings. The highest BCUT2D eigenvalue weighted by Crippen LogP contribution is 2.27. The van der Waals surface area contributed by atoms with E-state index < -0.39 is 46.4 Å². The molecule has 11 nitrogen and oxygen atoms in total. The maximum Gasteiger partial charge on any atom is 0.422 e. The van der Waals surface area contributed by atoms with Crippen LogP contribution in [-0.2, 0) is 9.84 Å². The highest BCUT2D eigenvalue weighted by Gasteiger charge is 2.35. The van der Waals surface area contributed by atoms with Gasteiger partial charge in [0.25, 0.3) is 11.8 Å². The Morgan fingerprint density at radius 1 is 1.26 bits per heavy atom. The number of benzene rings is 1. The second-order valence-corrected chi connectivity index (χ2v) is 11.1. The van der Waals surface area contributed by atoms with E-state index in [0.717, 1.165) is 10.7 Å². The van der Waals surface area contributed by atoms with E-state index in [2.05, 4.69) is 20.7 Å². The number of carbonyl (C=O) groups is 2. The summed E-state index contributed by atoms with van der Waals surface area (Å²) in [5, 5.41) is 18.4. The molecule has 0 aliphatic carbocycles. The van der Waals surface area contributed by atoms with E-state index in [1.807, 2.05) is 6.07 Å². The zero-order valence-electron chi connectivity index (χ0n) is 19.9. The predicted octanol–water partition coefficient (Wildman–Crippen LogP) is 2.82. The first-order valence-electron chi connectivity index (χ1n) is 11.0. The SMILES string of the molecule is Cc1cc(C#N)cc(C(=O)NC2CS(=O)(=O)C2)c1NC(=O)c1cc(OCC(F)(F)F)nn1-c1ncccc1Cl. The summed E-state index contributed by atoms with van der Waals surface area (Å²) < 4.78 is 66.6. The van der Waals surface area contributed by atoms with Gasteiger partial charge in [-0.1, -0.05) is 11.6 Å². The summed E-state index contributed by atoms with van der Waals surface area (Å²) in [6.07, 6.45) is -3.34. The molecule has 0 atom stereocenters. The molecule has 2 N–H and O–H groups in total. The molecule has 0 saturated carbocycles. The van der Waals surface area contributed by atoms with Crippen molar-refractivity contribution in [1.29, 1.82) is 5.26 Å². The highest BCUT2D eigenvalue weighted by molar-refractivity contribution is 7.92. The molecule has 1 aliphatic heterocycles. The molecule has 0 unspecified atom stereocenters.